The van der Waals surface area contributed by atoms with Crippen LogP contribution in [0.1, 0.15) is 54.4 Å². The van der Waals surface area contributed by atoms with E-state index in [1.54, 1.807) is 0 Å². The van der Waals surface area contributed by atoms with E-state index in [0.29, 0.717) is 11.4 Å². The van der Waals surface area contributed by atoms with Crippen molar-refractivity contribution < 1.29 is 14.7 Å². The Hall–Kier alpha value is -1.36. The minimum atomic E-state index is -1.19. The number of anilines is 1. The Balaban J connectivity index is 2.22. The molecule has 5 heteroatoms. The molecule has 1 N–H and O–H groups in total. The third-order valence-electron chi connectivity index (χ3n) is 3.07. The van der Waals surface area contributed by atoms with Gasteiger partial charge in [-0.25, -0.2) is 0 Å². The molecule has 0 fully saturated rings. The standard InChI is InChI=1S/C14H19NO3S/c1-14(2,3)7-10(16)15-12-11(13(17)18)8-5-4-6-9(8)19-12/h4-7H2,1-3H3,(H,15,16)(H,17,18)/p-1. The van der Waals surface area contributed by atoms with Crippen LogP contribution in [0.4, 0.5) is 5.00 Å². The van der Waals surface area contributed by atoms with Gasteiger partial charge in [-0.3, -0.25) is 4.79 Å². The zero-order chi connectivity index (χ0) is 14.2. The summed E-state index contributed by atoms with van der Waals surface area (Å²) in [5.74, 6) is -1.33. The number of carbonyl (C=O) groups is 2. The minimum Gasteiger partial charge on any atom is -0.545 e. The molecule has 1 heterocycles. The summed E-state index contributed by atoms with van der Waals surface area (Å²) in [5, 5.41) is 14.4. The second-order valence-corrected chi connectivity index (χ2v) is 7.24. The lowest BCUT2D eigenvalue weighted by Gasteiger charge is -2.17. The highest BCUT2D eigenvalue weighted by Crippen LogP contribution is 2.39. The lowest BCUT2D eigenvalue weighted by Crippen LogP contribution is -2.26. The van der Waals surface area contributed by atoms with Crippen LogP contribution in [0, 0.1) is 5.41 Å². The Morgan fingerprint density at radius 3 is 2.58 bits per heavy atom. The zero-order valence-corrected chi connectivity index (χ0v) is 12.3. The van der Waals surface area contributed by atoms with E-state index < -0.39 is 5.97 Å². The molecular weight excluding hydrogens is 262 g/mol. The average molecular weight is 280 g/mol. The van der Waals surface area contributed by atoms with Gasteiger partial charge >= 0.3 is 0 Å². The fourth-order valence-corrected chi connectivity index (χ4v) is 3.65. The van der Waals surface area contributed by atoms with E-state index in [-0.39, 0.29) is 16.9 Å². The summed E-state index contributed by atoms with van der Waals surface area (Å²) in [6.07, 6.45) is 3.01. The third-order valence-corrected chi connectivity index (χ3v) is 4.28. The normalized spacial score (nSPS) is 14.3. The van der Waals surface area contributed by atoms with Crippen molar-refractivity contribution in [2.75, 3.05) is 5.32 Å². The van der Waals surface area contributed by atoms with E-state index in [1.165, 1.54) is 11.3 Å². The molecule has 1 aromatic rings. The lowest BCUT2D eigenvalue weighted by molar-refractivity contribution is -0.254. The molecule has 0 radical (unpaired) electrons. The number of fused-ring (bicyclic) bond motifs is 1. The van der Waals surface area contributed by atoms with Gasteiger partial charge in [0.1, 0.15) is 5.00 Å². The van der Waals surface area contributed by atoms with Crippen LogP contribution in [0.25, 0.3) is 0 Å². The molecule has 0 unspecified atom stereocenters. The SMILES string of the molecule is CC(C)(C)CC(=O)Nc1sc2c(c1C(=O)[O-])CCC2. The van der Waals surface area contributed by atoms with Crippen LogP contribution in [0.2, 0.25) is 0 Å². The van der Waals surface area contributed by atoms with Crippen LogP contribution in [0.5, 0.6) is 0 Å². The van der Waals surface area contributed by atoms with Crippen LogP contribution in [-0.2, 0) is 17.6 Å². The predicted octanol–water partition coefficient (Wildman–Crippen LogP) is 1.97. The number of carboxylic acid groups (broad SMARTS) is 1. The molecule has 1 aliphatic rings. The Morgan fingerprint density at radius 2 is 2.00 bits per heavy atom. The molecule has 1 amide bonds. The van der Waals surface area contributed by atoms with Gasteiger partial charge in [0.2, 0.25) is 5.91 Å². The van der Waals surface area contributed by atoms with Crippen molar-refractivity contribution in [2.45, 2.75) is 46.5 Å². The summed E-state index contributed by atoms with van der Waals surface area (Å²) in [5.41, 5.74) is 0.932. The highest BCUT2D eigenvalue weighted by atomic mass is 32.1. The van der Waals surface area contributed by atoms with Crippen LogP contribution in [0.15, 0.2) is 0 Å². The molecule has 19 heavy (non-hydrogen) atoms. The van der Waals surface area contributed by atoms with Gasteiger partial charge in [-0.05, 0) is 30.2 Å². The fourth-order valence-electron chi connectivity index (χ4n) is 2.36. The summed E-state index contributed by atoms with van der Waals surface area (Å²) in [6, 6.07) is 0. The van der Waals surface area contributed by atoms with Crippen molar-refractivity contribution in [1.82, 2.24) is 0 Å². The number of nitrogens with one attached hydrogen (secondary N) is 1. The van der Waals surface area contributed by atoms with Gasteiger partial charge in [0.05, 0.1) is 5.97 Å². The minimum absolute atomic E-state index is 0.119. The van der Waals surface area contributed by atoms with Gasteiger partial charge < -0.3 is 15.2 Å². The number of hydrogen-bond donors (Lipinski definition) is 1. The molecule has 0 saturated carbocycles. The van der Waals surface area contributed by atoms with Crippen molar-refractivity contribution >= 4 is 28.2 Å². The van der Waals surface area contributed by atoms with E-state index in [2.05, 4.69) is 5.32 Å². The predicted molar refractivity (Wildman–Crippen MR) is 73.4 cm³/mol. The Kier molecular flexibility index (Phi) is 3.67. The number of amides is 1. The summed E-state index contributed by atoms with van der Waals surface area (Å²) in [7, 11) is 0. The Morgan fingerprint density at radius 1 is 1.32 bits per heavy atom. The second-order valence-electron chi connectivity index (χ2n) is 6.13. The molecule has 0 bridgehead atoms. The molecule has 1 aromatic heterocycles. The van der Waals surface area contributed by atoms with Gasteiger partial charge in [-0.15, -0.1) is 11.3 Å². The molecule has 0 saturated heterocycles. The van der Waals surface area contributed by atoms with Crippen LogP contribution >= 0.6 is 11.3 Å². The Bertz CT molecular complexity index is 526. The first-order valence-electron chi connectivity index (χ1n) is 6.43. The molecule has 0 aromatic carbocycles. The summed E-state index contributed by atoms with van der Waals surface area (Å²) in [6.45, 7) is 5.92. The first kappa shape index (κ1) is 14.1. The molecular formula is C14H18NO3S-. The number of thiophene rings is 1. The Labute approximate surface area is 116 Å². The first-order chi connectivity index (χ1) is 8.78. The molecule has 2 rings (SSSR count). The summed E-state index contributed by atoms with van der Waals surface area (Å²) >= 11 is 1.38. The number of rotatable bonds is 3. The van der Waals surface area contributed by atoms with Crippen molar-refractivity contribution in [1.29, 1.82) is 0 Å². The van der Waals surface area contributed by atoms with E-state index in [1.807, 2.05) is 20.8 Å². The van der Waals surface area contributed by atoms with Crippen molar-refractivity contribution in [3.8, 4) is 0 Å². The number of aryl methyl sites for hydroxylation is 1. The smallest absolute Gasteiger partial charge is 0.225 e. The van der Waals surface area contributed by atoms with Crippen LogP contribution in [-0.4, -0.2) is 11.9 Å². The highest BCUT2D eigenvalue weighted by molar-refractivity contribution is 7.17. The zero-order valence-electron chi connectivity index (χ0n) is 11.5. The number of hydrogen-bond acceptors (Lipinski definition) is 4. The summed E-state index contributed by atoms with van der Waals surface area (Å²) < 4.78 is 0. The van der Waals surface area contributed by atoms with Crippen molar-refractivity contribution in [2.24, 2.45) is 5.41 Å². The van der Waals surface area contributed by atoms with Gasteiger partial charge in [0.25, 0.3) is 0 Å². The largest absolute Gasteiger partial charge is 0.545 e. The van der Waals surface area contributed by atoms with Crippen LogP contribution in [0.3, 0.4) is 0 Å². The van der Waals surface area contributed by atoms with Gasteiger partial charge in [0, 0.05) is 16.9 Å². The number of carboxylic acids is 1. The second kappa shape index (κ2) is 4.96. The van der Waals surface area contributed by atoms with E-state index in [4.69, 9.17) is 0 Å². The molecule has 0 atom stereocenters. The highest BCUT2D eigenvalue weighted by Gasteiger charge is 2.24. The molecule has 104 valence electrons. The van der Waals surface area contributed by atoms with Gasteiger partial charge in [0.15, 0.2) is 0 Å². The molecule has 1 aliphatic carbocycles. The maximum Gasteiger partial charge on any atom is 0.225 e. The monoisotopic (exact) mass is 280 g/mol. The van der Waals surface area contributed by atoms with E-state index in [0.717, 1.165) is 29.7 Å². The quantitative estimate of drug-likeness (QED) is 0.920. The maximum atomic E-state index is 11.9. The fraction of sp³-hybridized carbons (Fsp3) is 0.571. The average Bonchev–Trinajstić information content (AvgIpc) is 2.72. The number of aromatic carboxylic acids is 1. The first-order valence-corrected chi connectivity index (χ1v) is 7.25. The summed E-state index contributed by atoms with van der Waals surface area (Å²) in [4.78, 5) is 24.2. The maximum absolute atomic E-state index is 11.9. The van der Waals surface area contributed by atoms with E-state index in [9.17, 15) is 14.7 Å². The number of carbonyl (C=O) groups excluding carboxylic acids is 2. The van der Waals surface area contributed by atoms with Crippen molar-refractivity contribution in [3.63, 3.8) is 0 Å². The van der Waals surface area contributed by atoms with Crippen LogP contribution < -0.4 is 10.4 Å². The molecule has 0 spiro atoms. The lowest BCUT2D eigenvalue weighted by atomic mass is 9.92. The molecule has 4 nitrogen and oxygen atoms in total. The van der Waals surface area contributed by atoms with Crippen molar-refractivity contribution in [3.05, 3.63) is 16.0 Å². The van der Waals surface area contributed by atoms with Gasteiger partial charge in [-0.2, -0.15) is 0 Å². The topological polar surface area (TPSA) is 69.2 Å². The third kappa shape index (κ3) is 3.15. The molecule has 0 aliphatic heterocycles. The van der Waals surface area contributed by atoms with Gasteiger partial charge in [-0.1, -0.05) is 20.8 Å². The van der Waals surface area contributed by atoms with E-state index >= 15 is 0 Å².